The highest BCUT2D eigenvalue weighted by molar-refractivity contribution is 14.1. The molecule has 2 aliphatic carbocycles. The number of hydrogen-bond acceptors (Lipinski definition) is 31. The lowest BCUT2D eigenvalue weighted by atomic mass is 9.47. The largest absolute Gasteiger partial charge is 0.496 e. The molecule has 776 valence electrons. The van der Waals surface area contributed by atoms with Gasteiger partial charge in [-0.05, 0) is 229 Å². The van der Waals surface area contributed by atoms with E-state index in [1.165, 1.54) is 47.2 Å². The molecule has 0 radical (unpaired) electrons. The number of carbonyl (C=O) groups excluding carboxylic acids is 7. The molecule has 12 aliphatic rings. The van der Waals surface area contributed by atoms with E-state index >= 15 is 9.59 Å². The minimum absolute atomic E-state index is 0.103. The molecule has 4 bridgehead atoms. The molecule has 20 atom stereocenters. The fourth-order valence-corrected chi connectivity index (χ4v) is 32.4. The number of anilines is 3. The molecule has 18 rings (SSSR count). The van der Waals surface area contributed by atoms with Crippen molar-refractivity contribution in [1.29, 1.82) is 0 Å². The Morgan fingerprint density at radius 1 is 0.514 bits per heavy atom. The smallest absolute Gasteiger partial charge is 0.344 e. The summed E-state index contributed by atoms with van der Waals surface area (Å²) in [5.74, 6) is -3.87. The van der Waals surface area contributed by atoms with Gasteiger partial charge < -0.3 is 102 Å². The Morgan fingerprint density at radius 2 is 0.944 bits per heavy atom. The standard InChI is InChI=1S/C52H70N5O13P.C46H57IN4O9.C7H17O3P/c1-9-48(62)27-33-28-51(46(60)66-7,42-35(16-21-55(29-33)30-48)36-24-34(14-15-39(36)54-42)53-19-23-71(64,68-11-3)69-12-4)38-25-37-40(26-41(38)65-6)57(31-58)44-50(37)18-22-56-20-13-17-49(10-2,43(50)56)45(70-32(5)59)52(44,63)47(61)67-8;1-8-42(55)22-27-23-45(40(53)58-6,36-29(13-17-50(24-27)25-42)30-19-28(47)11-12-33(30)48-36)32-20-31-34(21-35(32)57-5)49(4)38-44(31)15-18-51-16-10-14-43(9-2,37(44)51)39(60-26(3)52)46(38,56)41(54)59-7;1-4-7-11(8,9-5-2)10-6-3/h13-15,17,24-26,31,33,43-45,53-54,62-63H,9-12,16,18-23,27-30H2,1-8H3;10-12,14,19-21,27,37-39,48,55-56H,8-9,13,15-18,22-25H2,1-7H3;4-7H2,1-3H3/t33-,43-,44+,45+,48-,49+,50+,51-,52-;27-,37-,38+,39+,42-,43+,44+,45-,46-;/m00./s1. The summed E-state index contributed by atoms with van der Waals surface area (Å²) in [4.78, 5) is 120. The van der Waals surface area contributed by atoms with Crippen molar-refractivity contribution in [2.24, 2.45) is 22.7 Å². The molecule has 7 N–H and O–H groups in total. The van der Waals surface area contributed by atoms with Gasteiger partial charge in [-0.15, -0.1) is 0 Å². The number of methoxy groups -OCH3 is 6. The topological polar surface area (TPSA) is 408 Å². The molecule has 6 aromatic rings. The summed E-state index contributed by atoms with van der Waals surface area (Å²) in [6.45, 7) is 27.3. The van der Waals surface area contributed by atoms with Crippen molar-refractivity contribution in [2.45, 2.75) is 240 Å². The number of likely N-dealkylation sites (N-methyl/N-ethyl adjacent to an activating group) is 1. The summed E-state index contributed by atoms with van der Waals surface area (Å²) in [6, 6.07) is 16.8. The summed E-state index contributed by atoms with van der Waals surface area (Å²) in [6.07, 6.45) is 12.8. The average molecular weight is 2120 g/mol. The van der Waals surface area contributed by atoms with Crippen LogP contribution in [0, 0.1) is 26.2 Å². The number of aromatic amines is 2. The summed E-state index contributed by atoms with van der Waals surface area (Å²) < 4.78 is 95.1. The number of halogens is 1. The predicted octanol–water partition coefficient (Wildman–Crippen LogP) is 12.5. The second kappa shape index (κ2) is 40.7. The van der Waals surface area contributed by atoms with E-state index in [1.54, 1.807) is 27.0 Å². The Balaban J connectivity index is 0.000000186. The Morgan fingerprint density at radius 3 is 1.37 bits per heavy atom. The van der Waals surface area contributed by atoms with Crippen LogP contribution in [0.4, 0.5) is 17.1 Å². The Kier molecular flexibility index (Phi) is 30.5. The third kappa shape index (κ3) is 16.9. The number of ether oxygens (including phenoxy) is 8. The number of aliphatic hydroxyl groups is 4. The molecule has 37 heteroatoms. The number of benzene rings is 4. The van der Waals surface area contributed by atoms with Gasteiger partial charge in [-0.3, -0.25) is 52.7 Å². The molecule has 4 saturated heterocycles. The van der Waals surface area contributed by atoms with Crippen LogP contribution in [0.5, 0.6) is 11.5 Å². The molecular formula is C105H144IN9O25P2. The van der Waals surface area contributed by atoms with Crippen LogP contribution in [0.3, 0.4) is 0 Å². The zero-order chi connectivity index (χ0) is 102. The summed E-state index contributed by atoms with van der Waals surface area (Å²) in [5, 5.41) is 56.3. The number of nitrogens with one attached hydrogen (secondary N) is 3. The first-order valence-corrected chi connectivity index (χ1v) is 55.0. The van der Waals surface area contributed by atoms with Crippen LogP contribution in [-0.4, -0.2) is 311 Å². The van der Waals surface area contributed by atoms with E-state index in [0.717, 1.165) is 72.7 Å². The molecule has 142 heavy (non-hydrogen) atoms. The first-order valence-electron chi connectivity index (χ1n) is 50.5. The van der Waals surface area contributed by atoms with Crippen LogP contribution in [-0.2, 0) is 124 Å². The SMILES string of the molecule is CCCP(=O)(OCC)OCC.CCOP(=O)(CCNc1ccc2[nH]c3c(c2c1)CCN1C[C@@H](C[C@@](O)(CC)C1)C[C@]3(C(=O)OC)c1cc2c(cc1OC)N(C=O)[C@H]1[C@@](O)(C(=O)OC)[C@H](OC(C)=O)[C@]3(CC)C=CCN4CC[C@]21[C@@H]43)OCC.CC[C@]1(O)C[C@@H]2CN(CCc3c([nH]c4ccc(I)cc34)[C@@](C(=O)OC)(c3cc4c(cc3OC)N(C)[C@H]3[C@@](O)(C(=O)OC)[C@H](OC(C)=O)[C@]5(CC)C=CCN6CC[C@]43[C@@H]65)C2)C1. The van der Waals surface area contributed by atoms with Gasteiger partial charge in [0.2, 0.25) is 17.6 Å². The molecule has 2 spiro atoms. The number of nitrogens with zero attached hydrogens (tertiary/aromatic N) is 6. The second-order valence-electron chi connectivity index (χ2n) is 40.9. The third-order valence-corrected chi connectivity index (χ3v) is 38.8. The summed E-state index contributed by atoms with van der Waals surface area (Å²) in [5.41, 5.74) is -4.81. The Hall–Kier alpha value is -8.36. The predicted molar refractivity (Wildman–Crippen MR) is 544 cm³/mol. The lowest BCUT2D eigenvalue weighted by Crippen LogP contribution is -2.81. The first-order chi connectivity index (χ1) is 67.8. The number of rotatable bonds is 29. The number of amides is 1. The molecule has 2 saturated carbocycles. The molecule has 1 amide bonds. The molecule has 6 fully saturated rings. The van der Waals surface area contributed by atoms with Gasteiger partial charge in [-0.1, -0.05) is 58.9 Å². The number of hydrogen-bond donors (Lipinski definition) is 7. The van der Waals surface area contributed by atoms with Crippen LogP contribution < -0.4 is 24.6 Å². The van der Waals surface area contributed by atoms with Crippen LogP contribution in [0.25, 0.3) is 21.8 Å². The molecule has 4 aromatic carbocycles. The maximum absolute atomic E-state index is 15.7. The van der Waals surface area contributed by atoms with Crippen LogP contribution in [0.15, 0.2) is 85.0 Å². The van der Waals surface area contributed by atoms with Crippen LogP contribution in [0.1, 0.15) is 192 Å². The van der Waals surface area contributed by atoms with Crippen molar-refractivity contribution in [3.05, 3.63) is 133 Å². The van der Waals surface area contributed by atoms with Crippen LogP contribution >= 0.6 is 37.8 Å². The highest BCUT2D eigenvalue weighted by Gasteiger charge is 2.83. The molecule has 10 aliphatic heterocycles. The van der Waals surface area contributed by atoms with Crippen molar-refractivity contribution in [1.82, 2.24) is 29.6 Å². The number of aromatic nitrogens is 2. The van der Waals surface area contributed by atoms with Gasteiger partial charge in [0, 0.05) is 191 Å². The van der Waals surface area contributed by atoms with Gasteiger partial charge >= 0.3 is 51.0 Å². The van der Waals surface area contributed by atoms with Gasteiger partial charge in [-0.25, -0.2) is 9.59 Å². The zero-order valence-corrected chi connectivity index (χ0v) is 89.3. The molecule has 2 unspecified atom stereocenters. The monoisotopic (exact) mass is 2120 g/mol. The summed E-state index contributed by atoms with van der Waals surface area (Å²) >= 11 is 2.33. The average Bonchev–Trinajstić information content (AvgIpc) is 1.48. The van der Waals surface area contributed by atoms with Gasteiger partial charge in [0.25, 0.3) is 0 Å². The van der Waals surface area contributed by atoms with E-state index in [-0.39, 0.29) is 49.4 Å². The minimum atomic E-state index is -3.33. The van der Waals surface area contributed by atoms with Gasteiger partial charge in [-0.2, -0.15) is 0 Å². The Labute approximate surface area is 845 Å². The van der Waals surface area contributed by atoms with Crippen molar-refractivity contribution in [2.75, 3.05) is 176 Å². The number of esters is 6. The molecule has 2 aromatic heterocycles. The number of H-pyrrole nitrogens is 2. The normalized spacial score (nSPS) is 32.8. The Bertz CT molecular complexity index is 5960. The highest BCUT2D eigenvalue weighted by atomic mass is 127. The quantitative estimate of drug-likeness (QED) is 0.00572. The zero-order valence-electron chi connectivity index (χ0n) is 85.3. The molecule has 34 nitrogen and oxygen atoms in total. The lowest BCUT2D eigenvalue weighted by Gasteiger charge is -2.63. The number of piperidine rings is 2. The summed E-state index contributed by atoms with van der Waals surface area (Å²) in [7, 11) is 4.15. The van der Waals surface area contributed by atoms with Crippen molar-refractivity contribution in [3.8, 4) is 11.5 Å². The van der Waals surface area contributed by atoms with Crippen molar-refractivity contribution < 1.29 is 119 Å². The van der Waals surface area contributed by atoms with E-state index in [9.17, 15) is 53.5 Å². The van der Waals surface area contributed by atoms with E-state index in [0.29, 0.717) is 202 Å². The minimum Gasteiger partial charge on any atom is -0.496 e. The first kappa shape index (κ1) is 106. The lowest BCUT2D eigenvalue weighted by molar-refractivity contribution is -0.229. The number of fused-ring (bicyclic) bond motifs is 12. The maximum atomic E-state index is 15.7. The van der Waals surface area contributed by atoms with E-state index in [4.69, 9.17) is 56.0 Å². The fraction of sp³-hybridized carbons (Fsp3) is 0.629. The van der Waals surface area contributed by atoms with Crippen LogP contribution in [0.2, 0.25) is 0 Å². The van der Waals surface area contributed by atoms with E-state index in [2.05, 4.69) is 93.9 Å². The van der Waals surface area contributed by atoms with Gasteiger partial charge in [0.1, 0.15) is 22.3 Å². The fourth-order valence-electron chi connectivity index (χ4n) is 28.8. The molecule has 12 heterocycles. The van der Waals surface area contributed by atoms with E-state index < -0.39 is 136 Å². The van der Waals surface area contributed by atoms with Gasteiger partial charge in [0.15, 0.2) is 12.2 Å². The number of carbonyl (C=O) groups is 7. The second-order valence-corrected chi connectivity index (χ2v) is 46.6. The maximum Gasteiger partial charge on any atom is 0.344 e. The van der Waals surface area contributed by atoms with Gasteiger partial charge in [0.05, 0.1) is 104 Å². The third-order valence-electron chi connectivity index (χ3n) is 33.8. The molecular weight excluding hydrogens is 1980 g/mol. The van der Waals surface area contributed by atoms with Crippen molar-refractivity contribution >= 4 is 119 Å². The van der Waals surface area contributed by atoms with E-state index in [1.807, 2.05) is 103 Å². The highest BCUT2D eigenvalue weighted by Crippen LogP contribution is 2.72. The van der Waals surface area contributed by atoms with Crippen molar-refractivity contribution in [3.63, 3.8) is 0 Å².